The zero-order valence-corrected chi connectivity index (χ0v) is 15.3. The summed E-state index contributed by atoms with van der Waals surface area (Å²) in [5.74, 6) is 4.64. The lowest BCUT2D eigenvalue weighted by molar-refractivity contribution is -0.141. The van der Waals surface area contributed by atoms with E-state index in [-0.39, 0.29) is 0 Å². The number of hydrogen-bond acceptors (Lipinski definition) is 3. The molecule has 0 aliphatic carbocycles. The van der Waals surface area contributed by atoms with E-state index in [9.17, 15) is 14.7 Å². The van der Waals surface area contributed by atoms with Crippen LogP contribution in [0.4, 0.5) is 4.79 Å². The number of carboxylic acid groups (broad SMARTS) is 1. The van der Waals surface area contributed by atoms with Gasteiger partial charge < -0.3 is 15.2 Å². The third kappa shape index (κ3) is 6.34. The molecule has 0 aromatic heterocycles. The number of aliphatic carboxylic acids is 1. The number of carbonyl (C=O) groups excluding carboxylic acids is 1. The molecule has 5 nitrogen and oxygen atoms in total. The first-order valence-electron chi connectivity index (χ1n) is 7.92. The van der Waals surface area contributed by atoms with Gasteiger partial charge in [-0.3, -0.25) is 0 Å². The van der Waals surface area contributed by atoms with Crippen LogP contribution in [0.3, 0.4) is 0 Å². The van der Waals surface area contributed by atoms with E-state index < -0.39 is 29.1 Å². The molecule has 0 radical (unpaired) electrons. The van der Waals surface area contributed by atoms with Crippen LogP contribution in [0, 0.1) is 24.2 Å². The molecule has 0 aliphatic heterocycles. The van der Waals surface area contributed by atoms with Crippen LogP contribution in [-0.2, 0) is 9.53 Å². The van der Waals surface area contributed by atoms with Gasteiger partial charge in [-0.2, -0.15) is 0 Å². The molecule has 25 heavy (non-hydrogen) atoms. The van der Waals surface area contributed by atoms with Gasteiger partial charge in [-0.05, 0) is 46.8 Å². The van der Waals surface area contributed by atoms with Gasteiger partial charge in [0.2, 0.25) is 0 Å². The molecule has 1 aromatic rings. The minimum atomic E-state index is -1.29. The summed E-state index contributed by atoms with van der Waals surface area (Å²) in [6.07, 6.45) is 0.606. The van der Waals surface area contributed by atoms with Gasteiger partial charge in [-0.1, -0.05) is 35.6 Å². The van der Waals surface area contributed by atoms with Crippen molar-refractivity contribution in [3.05, 3.63) is 48.0 Å². The highest BCUT2D eigenvalue weighted by Gasteiger charge is 2.38. The molecule has 0 unspecified atom stereocenters. The maximum absolute atomic E-state index is 12.0. The number of rotatable bonds is 4. The Morgan fingerprint density at radius 3 is 2.24 bits per heavy atom. The SMILES string of the molecule is C=C[C@@](C)(C#Cc1ccc(C)cc1)[C@H](NC(=O)OC(C)(C)C)C(=O)O. The van der Waals surface area contributed by atoms with Crippen molar-refractivity contribution in [2.75, 3.05) is 0 Å². The summed E-state index contributed by atoms with van der Waals surface area (Å²) in [6, 6.07) is 6.25. The van der Waals surface area contributed by atoms with Gasteiger partial charge in [0.1, 0.15) is 11.6 Å². The zero-order valence-electron chi connectivity index (χ0n) is 15.3. The van der Waals surface area contributed by atoms with E-state index in [4.69, 9.17) is 4.74 Å². The first kappa shape index (κ1) is 20.3. The summed E-state index contributed by atoms with van der Waals surface area (Å²) < 4.78 is 5.14. The van der Waals surface area contributed by atoms with Crippen molar-refractivity contribution in [3.8, 4) is 11.8 Å². The lowest BCUT2D eigenvalue weighted by atomic mass is 9.82. The van der Waals surface area contributed by atoms with Crippen molar-refractivity contribution in [1.82, 2.24) is 5.32 Å². The van der Waals surface area contributed by atoms with Gasteiger partial charge in [0.25, 0.3) is 0 Å². The summed E-state index contributed by atoms with van der Waals surface area (Å²) >= 11 is 0. The van der Waals surface area contributed by atoms with Gasteiger partial charge in [0.05, 0.1) is 5.41 Å². The third-order valence-electron chi connectivity index (χ3n) is 3.46. The number of amides is 1. The molecule has 134 valence electrons. The number of aryl methyl sites for hydroxylation is 1. The molecule has 1 aromatic carbocycles. The lowest BCUT2D eigenvalue weighted by Crippen LogP contribution is -2.51. The molecular formula is C20H25NO4. The molecule has 2 N–H and O–H groups in total. The summed E-state index contributed by atoms with van der Waals surface area (Å²) in [7, 11) is 0. The lowest BCUT2D eigenvalue weighted by Gasteiger charge is -2.29. The van der Waals surface area contributed by atoms with E-state index >= 15 is 0 Å². The van der Waals surface area contributed by atoms with Gasteiger partial charge >= 0.3 is 12.1 Å². The topological polar surface area (TPSA) is 75.6 Å². The number of ether oxygens (including phenoxy) is 1. The van der Waals surface area contributed by atoms with Gasteiger partial charge in [-0.25, -0.2) is 9.59 Å². The van der Waals surface area contributed by atoms with Crippen LogP contribution < -0.4 is 5.32 Å². The van der Waals surface area contributed by atoms with E-state index in [1.807, 2.05) is 31.2 Å². The fourth-order valence-corrected chi connectivity index (χ4v) is 1.98. The van der Waals surface area contributed by atoms with Crippen LogP contribution in [0.15, 0.2) is 36.9 Å². The maximum Gasteiger partial charge on any atom is 0.408 e. The molecule has 0 bridgehead atoms. The average molecular weight is 343 g/mol. The molecule has 0 spiro atoms. The Morgan fingerprint density at radius 1 is 1.24 bits per heavy atom. The smallest absolute Gasteiger partial charge is 0.408 e. The molecule has 0 fully saturated rings. The molecule has 1 rings (SSSR count). The number of benzene rings is 1. The maximum atomic E-state index is 12.0. The van der Waals surface area contributed by atoms with Crippen molar-refractivity contribution in [2.24, 2.45) is 5.41 Å². The Kier molecular flexibility index (Phi) is 6.41. The zero-order chi connectivity index (χ0) is 19.3. The standard InChI is InChI=1S/C20H25NO4/c1-7-20(6,13-12-15-10-8-14(2)9-11-15)16(17(22)23)21-18(24)25-19(3,4)5/h7-11,16H,1H2,2-6H3,(H,21,24)(H,22,23)/t16-,20+/m1/s1. The van der Waals surface area contributed by atoms with E-state index in [2.05, 4.69) is 23.7 Å². The Bertz CT molecular complexity index is 704. The van der Waals surface area contributed by atoms with E-state index in [1.54, 1.807) is 27.7 Å². The largest absolute Gasteiger partial charge is 0.480 e. The highest BCUT2D eigenvalue weighted by atomic mass is 16.6. The van der Waals surface area contributed by atoms with Crippen molar-refractivity contribution >= 4 is 12.1 Å². The normalized spacial score (nSPS) is 14.3. The minimum absolute atomic E-state index is 0.731. The summed E-state index contributed by atoms with van der Waals surface area (Å²) in [6.45, 7) is 12.4. The molecular weight excluding hydrogens is 318 g/mol. The average Bonchev–Trinajstić information content (AvgIpc) is 2.50. The fraction of sp³-hybridized carbons (Fsp3) is 0.400. The molecule has 0 aliphatic rings. The summed E-state index contributed by atoms with van der Waals surface area (Å²) in [4.78, 5) is 23.6. The number of hydrogen-bond donors (Lipinski definition) is 2. The number of alkyl carbamates (subject to hydrolysis) is 1. The monoisotopic (exact) mass is 343 g/mol. The van der Waals surface area contributed by atoms with Gasteiger partial charge in [-0.15, -0.1) is 6.58 Å². The molecule has 5 heteroatoms. The predicted molar refractivity (Wildman–Crippen MR) is 97.2 cm³/mol. The minimum Gasteiger partial charge on any atom is -0.480 e. The molecule has 0 heterocycles. The van der Waals surface area contributed by atoms with Crippen LogP contribution in [-0.4, -0.2) is 28.8 Å². The second-order valence-electron chi connectivity index (χ2n) is 7.02. The van der Waals surface area contributed by atoms with Crippen molar-refractivity contribution in [3.63, 3.8) is 0 Å². The van der Waals surface area contributed by atoms with E-state index in [1.165, 1.54) is 6.08 Å². The van der Waals surface area contributed by atoms with Gasteiger partial charge in [0.15, 0.2) is 0 Å². The van der Waals surface area contributed by atoms with Crippen LogP contribution in [0.5, 0.6) is 0 Å². The van der Waals surface area contributed by atoms with Crippen LogP contribution in [0.1, 0.15) is 38.8 Å². The molecule has 1 amide bonds. The second-order valence-corrected chi connectivity index (χ2v) is 7.02. The van der Waals surface area contributed by atoms with Crippen LogP contribution in [0.2, 0.25) is 0 Å². The second kappa shape index (κ2) is 7.89. The van der Waals surface area contributed by atoms with Crippen molar-refractivity contribution < 1.29 is 19.4 Å². The Balaban J connectivity index is 3.08. The Hall–Kier alpha value is -2.74. The van der Waals surface area contributed by atoms with E-state index in [0.717, 1.165) is 11.1 Å². The van der Waals surface area contributed by atoms with Crippen molar-refractivity contribution in [2.45, 2.75) is 46.3 Å². The predicted octanol–water partition coefficient (Wildman–Crippen LogP) is 3.52. The fourth-order valence-electron chi connectivity index (χ4n) is 1.98. The highest BCUT2D eigenvalue weighted by molar-refractivity contribution is 5.82. The summed E-state index contributed by atoms with van der Waals surface area (Å²) in [5.41, 5.74) is -0.0500. The summed E-state index contributed by atoms with van der Waals surface area (Å²) in [5, 5.41) is 11.9. The number of carbonyl (C=O) groups is 2. The Morgan fingerprint density at radius 2 is 1.80 bits per heavy atom. The third-order valence-corrected chi connectivity index (χ3v) is 3.46. The quantitative estimate of drug-likeness (QED) is 0.648. The van der Waals surface area contributed by atoms with Gasteiger partial charge in [0, 0.05) is 5.56 Å². The highest BCUT2D eigenvalue weighted by Crippen LogP contribution is 2.23. The molecule has 2 atom stereocenters. The number of nitrogens with one attached hydrogen (secondary N) is 1. The Labute approximate surface area is 149 Å². The molecule has 0 saturated carbocycles. The van der Waals surface area contributed by atoms with Crippen LogP contribution in [0.25, 0.3) is 0 Å². The van der Waals surface area contributed by atoms with Crippen molar-refractivity contribution in [1.29, 1.82) is 0 Å². The van der Waals surface area contributed by atoms with E-state index in [0.29, 0.717) is 0 Å². The first-order chi connectivity index (χ1) is 11.5. The first-order valence-corrected chi connectivity index (χ1v) is 7.92. The van der Waals surface area contributed by atoms with Crippen LogP contribution >= 0.6 is 0 Å². The number of carboxylic acids is 1. The molecule has 0 saturated heterocycles.